The highest BCUT2D eigenvalue weighted by Crippen LogP contribution is 2.40. The standard InChI is InChI=1S/C27H25F5N6O2/c28-16-8-11-19(29)18(14-16)20-5-3-12-37(20)23-22(21-4-1-2-13-38(21)36-23)24(39)33-17-9-6-15(7-10-17)25-34-35-26(40-25)27(30,31)32/h1-2,4,8,11,13-15,17,20H,3,5-7,9-10,12H2,(H,33,39)/t15?,17?,20-/m1/s1. The molecule has 1 atom stereocenters. The Balaban J connectivity index is 1.22. The van der Waals surface area contributed by atoms with E-state index in [4.69, 9.17) is 4.42 Å². The molecule has 1 aliphatic carbocycles. The minimum Gasteiger partial charge on any atom is -0.417 e. The zero-order valence-electron chi connectivity index (χ0n) is 21.2. The van der Waals surface area contributed by atoms with Crippen LogP contribution >= 0.6 is 0 Å². The van der Waals surface area contributed by atoms with Crippen molar-refractivity contribution in [2.75, 3.05) is 11.4 Å². The van der Waals surface area contributed by atoms with E-state index in [-0.39, 0.29) is 29.3 Å². The number of pyridine rings is 1. The number of benzene rings is 1. The molecule has 1 aliphatic heterocycles. The van der Waals surface area contributed by atoms with Crippen LogP contribution in [0.15, 0.2) is 47.0 Å². The van der Waals surface area contributed by atoms with Crippen molar-refractivity contribution in [3.63, 3.8) is 0 Å². The monoisotopic (exact) mass is 560 g/mol. The Bertz CT molecular complexity index is 1540. The molecule has 4 heterocycles. The predicted octanol–water partition coefficient (Wildman–Crippen LogP) is 5.81. The lowest BCUT2D eigenvalue weighted by atomic mass is 9.86. The molecule has 6 rings (SSSR count). The molecule has 2 aliphatic rings. The van der Waals surface area contributed by atoms with Crippen LogP contribution in [0.5, 0.6) is 0 Å². The van der Waals surface area contributed by atoms with Gasteiger partial charge in [-0.05, 0) is 68.9 Å². The highest BCUT2D eigenvalue weighted by Gasteiger charge is 2.40. The van der Waals surface area contributed by atoms with Crippen LogP contribution in [-0.2, 0) is 6.18 Å². The van der Waals surface area contributed by atoms with E-state index in [9.17, 15) is 26.7 Å². The van der Waals surface area contributed by atoms with Gasteiger partial charge in [0.15, 0.2) is 5.82 Å². The lowest BCUT2D eigenvalue weighted by Gasteiger charge is -2.28. The highest BCUT2D eigenvalue weighted by atomic mass is 19.4. The molecule has 0 bridgehead atoms. The fourth-order valence-corrected chi connectivity index (χ4v) is 5.78. The quantitative estimate of drug-likeness (QED) is 0.310. The maximum absolute atomic E-state index is 14.7. The number of nitrogens with zero attached hydrogens (tertiary/aromatic N) is 5. The van der Waals surface area contributed by atoms with E-state index < -0.39 is 29.7 Å². The first kappa shape index (κ1) is 26.2. The summed E-state index contributed by atoms with van der Waals surface area (Å²) < 4.78 is 73.7. The molecular formula is C27H25F5N6O2. The van der Waals surface area contributed by atoms with E-state index in [1.165, 1.54) is 6.07 Å². The summed E-state index contributed by atoms with van der Waals surface area (Å²) in [5.74, 6) is -2.77. The first-order valence-electron chi connectivity index (χ1n) is 13.1. The third-order valence-electron chi connectivity index (χ3n) is 7.69. The van der Waals surface area contributed by atoms with Crippen LogP contribution in [0.25, 0.3) is 5.52 Å². The van der Waals surface area contributed by atoms with E-state index in [1.807, 2.05) is 4.90 Å². The van der Waals surface area contributed by atoms with Gasteiger partial charge in [-0.3, -0.25) is 4.79 Å². The summed E-state index contributed by atoms with van der Waals surface area (Å²) in [6, 6.07) is 7.99. The van der Waals surface area contributed by atoms with E-state index >= 15 is 0 Å². The van der Waals surface area contributed by atoms with Crippen LogP contribution in [0.1, 0.15) is 78.2 Å². The van der Waals surface area contributed by atoms with Gasteiger partial charge >= 0.3 is 12.1 Å². The van der Waals surface area contributed by atoms with Crippen LogP contribution in [0.4, 0.5) is 27.8 Å². The average molecular weight is 561 g/mol. The number of fused-ring (bicyclic) bond motifs is 1. The van der Waals surface area contributed by atoms with Gasteiger partial charge < -0.3 is 14.6 Å². The van der Waals surface area contributed by atoms with Gasteiger partial charge in [-0.1, -0.05) is 6.07 Å². The number of rotatable bonds is 5. The van der Waals surface area contributed by atoms with Crippen molar-refractivity contribution in [1.82, 2.24) is 25.1 Å². The summed E-state index contributed by atoms with van der Waals surface area (Å²) in [4.78, 5) is 15.6. The van der Waals surface area contributed by atoms with Crippen molar-refractivity contribution < 1.29 is 31.2 Å². The lowest BCUT2D eigenvalue weighted by Crippen LogP contribution is -2.38. The Labute approximate surface area is 225 Å². The first-order valence-corrected chi connectivity index (χ1v) is 13.1. The molecule has 8 nitrogen and oxygen atoms in total. The summed E-state index contributed by atoms with van der Waals surface area (Å²) in [5.41, 5.74) is 1.12. The second-order valence-corrected chi connectivity index (χ2v) is 10.2. The van der Waals surface area contributed by atoms with Gasteiger partial charge in [0.2, 0.25) is 5.89 Å². The largest absolute Gasteiger partial charge is 0.470 e. The Morgan fingerprint density at radius 3 is 2.58 bits per heavy atom. The summed E-state index contributed by atoms with van der Waals surface area (Å²) in [7, 11) is 0. The Kier molecular flexibility index (Phi) is 6.67. The summed E-state index contributed by atoms with van der Waals surface area (Å²) in [6.45, 7) is 0.514. The van der Waals surface area contributed by atoms with Gasteiger partial charge in [0.05, 0.1) is 11.6 Å². The van der Waals surface area contributed by atoms with E-state index in [0.717, 1.165) is 12.1 Å². The average Bonchev–Trinajstić information content (AvgIpc) is 3.68. The molecular weight excluding hydrogens is 535 g/mol. The molecule has 3 aromatic heterocycles. The van der Waals surface area contributed by atoms with Crippen molar-refractivity contribution in [1.29, 1.82) is 0 Å². The van der Waals surface area contributed by atoms with Crippen LogP contribution in [0.3, 0.4) is 0 Å². The van der Waals surface area contributed by atoms with Crippen LogP contribution in [-0.4, -0.2) is 38.3 Å². The SMILES string of the molecule is O=C(NC1CCC(c2nnc(C(F)(F)F)o2)CC1)c1c(N2CCC[C@@H]2c2cc(F)ccc2F)nn2ccccc12. The first-order chi connectivity index (χ1) is 19.2. The summed E-state index contributed by atoms with van der Waals surface area (Å²) in [5, 5.41) is 14.4. The third kappa shape index (κ3) is 4.88. The minimum absolute atomic E-state index is 0.0494. The zero-order chi connectivity index (χ0) is 28.0. The minimum atomic E-state index is -4.70. The van der Waals surface area contributed by atoms with Gasteiger partial charge in [0.1, 0.15) is 17.2 Å². The van der Waals surface area contributed by atoms with Gasteiger partial charge in [-0.2, -0.15) is 13.2 Å². The highest BCUT2D eigenvalue weighted by molar-refractivity contribution is 6.06. The number of alkyl halides is 3. The van der Waals surface area contributed by atoms with Gasteiger partial charge in [-0.15, -0.1) is 15.3 Å². The Morgan fingerprint density at radius 1 is 1.02 bits per heavy atom. The van der Waals surface area contributed by atoms with E-state index in [1.54, 1.807) is 28.9 Å². The predicted molar refractivity (Wildman–Crippen MR) is 133 cm³/mol. The topological polar surface area (TPSA) is 88.6 Å². The van der Waals surface area contributed by atoms with Crippen molar-refractivity contribution in [2.45, 2.75) is 62.7 Å². The number of carbonyl (C=O) groups is 1. The molecule has 1 aromatic carbocycles. The third-order valence-corrected chi connectivity index (χ3v) is 7.69. The molecule has 1 saturated carbocycles. The summed E-state index contributed by atoms with van der Waals surface area (Å²) >= 11 is 0. The van der Waals surface area contributed by atoms with Crippen molar-refractivity contribution in [3.05, 3.63) is 77.1 Å². The normalized spacial score (nSPS) is 21.7. The van der Waals surface area contributed by atoms with E-state index in [2.05, 4.69) is 20.6 Å². The molecule has 210 valence electrons. The number of nitrogens with one attached hydrogen (secondary N) is 1. The number of amides is 1. The molecule has 40 heavy (non-hydrogen) atoms. The van der Waals surface area contributed by atoms with Crippen LogP contribution in [0.2, 0.25) is 0 Å². The molecule has 1 saturated heterocycles. The summed E-state index contributed by atoms with van der Waals surface area (Å²) in [6.07, 6.45) is 0.269. The van der Waals surface area contributed by atoms with Crippen molar-refractivity contribution in [2.24, 2.45) is 0 Å². The molecule has 2 fully saturated rings. The van der Waals surface area contributed by atoms with Gasteiger partial charge in [0.25, 0.3) is 5.91 Å². The molecule has 0 unspecified atom stereocenters. The van der Waals surface area contributed by atoms with Crippen molar-refractivity contribution >= 4 is 17.2 Å². The fraction of sp³-hybridized carbons (Fsp3) is 0.407. The fourth-order valence-electron chi connectivity index (χ4n) is 5.78. The number of aromatic nitrogens is 4. The van der Waals surface area contributed by atoms with E-state index in [0.29, 0.717) is 62.0 Å². The van der Waals surface area contributed by atoms with Crippen molar-refractivity contribution in [3.8, 4) is 0 Å². The Hall–Kier alpha value is -4.03. The molecule has 0 spiro atoms. The zero-order valence-corrected chi connectivity index (χ0v) is 21.2. The second-order valence-electron chi connectivity index (χ2n) is 10.2. The number of hydrogen-bond donors (Lipinski definition) is 1. The smallest absolute Gasteiger partial charge is 0.417 e. The molecule has 1 amide bonds. The molecule has 13 heteroatoms. The molecule has 4 aromatic rings. The lowest BCUT2D eigenvalue weighted by molar-refractivity contribution is -0.157. The van der Waals surface area contributed by atoms with Gasteiger partial charge in [0, 0.05) is 30.3 Å². The van der Waals surface area contributed by atoms with Crippen LogP contribution in [0, 0.1) is 11.6 Å². The molecule has 1 N–H and O–H groups in total. The molecule has 0 radical (unpaired) electrons. The maximum Gasteiger partial charge on any atom is 0.470 e. The Morgan fingerprint density at radius 2 is 1.82 bits per heavy atom. The van der Waals surface area contributed by atoms with Gasteiger partial charge in [-0.25, -0.2) is 13.3 Å². The number of halogens is 5. The maximum atomic E-state index is 14.7. The van der Waals surface area contributed by atoms with Crippen LogP contribution < -0.4 is 10.2 Å². The number of carbonyl (C=O) groups excluding carboxylic acids is 1. The number of hydrogen-bond acceptors (Lipinski definition) is 6. The number of anilines is 1. The second kappa shape index (κ2) is 10.2.